The highest BCUT2D eigenvalue weighted by atomic mass is 35.5. The summed E-state index contributed by atoms with van der Waals surface area (Å²) in [5, 5.41) is 4.82. The van der Waals surface area contributed by atoms with Crippen LogP contribution < -0.4 is 5.32 Å². The average molecular weight is 338 g/mol. The molecule has 3 rings (SSSR count). The zero-order valence-electron chi connectivity index (χ0n) is 11.6. The highest BCUT2D eigenvalue weighted by molar-refractivity contribution is 7.99. The molecule has 4 heteroatoms. The number of rotatable bonds is 3. The summed E-state index contributed by atoms with van der Waals surface area (Å²) in [5.74, 6) is 0.640. The predicted molar refractivity (Wildman–Crippen MR) is 91.9 cm³/mol. The summed E-state index contributed by atoms with van der Waals surface area (Å²) in [5.41, 5.74) is 1.44. The first-order valence-electron chi connectivity index (χ1n) is 7.16. The van der Waals surface area contributed by atoms with Gasteiger partial charge in [0.2, 0.25) is 0 Å². The summed E-state index contributed by atoms with van der Waals surface area (Å²) in [6.07, 6.45) is 2.40. The van der Waals surface area contributed by atoms with Gasteiger partial charge in [-0.05, 0) is 61.7 Å². The van der Waals surface area contributed by atoms with Gasteiger partial charge in [0.25, 0.3) is 0 Å². The Morgan fingerprint density at radius 3 is 2.48 bits per heavy atom. The first kappa shape index (κ1) is 15.2. The largest absolute Gasteiger partial charge is 0.317 e. The quantitative estimate of drug-likeness (QED) is 0.780. The van der Waals surface area contributed by atoms with E-state index in [4.69, 9.17) is 23.2 Å². The van der Waals surface area contributed by atoms with Crippen LogP contribution in [0.1, 0.15) is 24.3 Å². The second kappa shape index (κ2) is 7.06. The zero-order chi connectivity index (χ0) is 14.7. The van der Waals surface area contributed by atoms with E-state index < -0.39 is 0 Å². The molecular formula is C17H17Cl2NS. The molecule has 2 aromatic carbocycles. The number of piperidine rings is 1. The normalized spacial score (nSPS) is 16.1. The Morgan fingerprint density at radius 2 is 1.71 bits per heavy atom. The SMILES string of the molecule is Clc1ccc(Sc2ccccc2C2CCNCC2)c(Cl)c1. The van der Waals surface area contributed by atoms with Crippen LogP contribution in [0.3, 0.4) is 0 Å². The first-order valence-corrected chi connectivity index (χ1v) is 8.74. The molecule has 1 nitrogen and oxygen atoms in total. The van der Waals surface area contributed by atoms with Crippen molar-refractivity contribution in [3.8, 4) is 0 Å². The van der Waals surface area contributed by atoms with E-state index in [2.05, 4.69) is 29.6 Å². The van der Waals surface area contributed by atoms with Crippen LogP contribution in [0.15, 0.2) is 52.3 Å². The molecule has 21 heavy (non-hydrogen) atoms. The number of benzene rings is 2. The van der Waals surface area contributed by atoms with Crippen molar-refractivity contribution in [2.45, 2.75) is 28.6 Å². The summed E-state index contributed by atoms with van der Waals surface area (Å²) in [7, 11) is 0. The van der Waals surface area contributed by atoms with Gasteiger partial charge in [-0.25, -0.2) is 0 Å². The number of halogens is 2. The van der Waals surface area contributed by atoms with Crippen LogP contribution in [0.2, 0.25) is 10.0 Å². The maximum Gasteiger partial charge on any atom is 0.0560 e. The van der Waals surface area contributed by atoms with Gasteiger partial charge in [0, 0.05) is 14.8 Å². The van der Waals surface area contributed by atoms with Crippen LogP contribution in [0.5, 0.6) is 0 Å². The Bertz CT molecular complexity index is 624. The van der Waals surface area contributed by atoms with Gasteiger partial charge in [-0.15, -0.1) is 0 Å². The van der Waals surface area contributed by atoms with Gasteiger partial charge < -0.3 is 5.32 Å². The predicted octanol–water partition coefficient (Wildman–Crippen LogP) is 5.61. The Hall–Kier alpha value is -0.670. The molecule has 0 radical (unpaired) electrons. The lowest BCUT2D eigenvalue weighted by Crippen LogP contribution is -2.26. The molecule has 0 atom stereocenters. The number of hydrogen-bond donors (Lipinski definition) is 1. The van der Waals surface area contributed by atoms with E-state index in [1.165, 1.54) is 23.3 Å². The zero-order valence-corrected chi connectivity index (χ0v) is 13.9. The molecule has 0 saturated carbocycles. The van der Waals surface area contributed by atoms with E-state index >= 15 is 0 Å². The van der Waals surface area contributed by atoms with Gasteiger partial charge in [-0.2, -0.15) is 0 Å². The minimum Gasteiger partial charge on any atom is -0.317 e. The van der Waals surface area contributed by atoms with E-state index in [0.29, 0.717) is 16.0 Å². The Labute approximate surface area is 140 Å². The third-order valence-corrected chi connectivity index (χ3v) is 5.64. The molecular weight excluding hydrogens is 321 g/mol. The van der Waals surface area contributed by atoms with E-state index in [-0.39, 0.29) is 0 Å². The molecule has 0 bridgehead atoms. The molecule has 0 aliphatic carbocycles. The second-order valence-corrected chi connectivity index (χ2v) is 7.17. The standard InChI is InChI=1S/C17H17Cl2NS/c18-13-5-6-17(15(19)11-13)21-16-4-2-1-3-14(16)12-7-9-20-10-8-12/h1-6,11-12,20H,7-10H2. The average Bonchev–Trinajstić information content (AvgIpc) is 2.51. The molecule has 1 fully saturated rings. The molecule has 1 saturated heterocycles. The molecule has 1 heterocycles. The fraction of sp³-hybridized carbons (Fsp3) is 0.294. The Balaban J connectivity index is 1.88. The van der Waals surface area contributed by atoms with Crippen LogP contribution in [0.4, 0.5) is 0 Å². The summed E-state index contributed by atoms with van der Waals surface area (Å²) in [6, 6.07) is 14.4. The van der Waals surface area contributed by atoms with Gasteiger partial charge in [-0.3, -0.25) is 0 Å². The van der Waals surface area contributed by atoms with Crippen molar-refractivity contribution in [3.05, 3.63) is 58.1 Å². The van der Waals surface area contributed by atoms with Crippen molar-refractivity contribution in [2.24, 2.45) is 0 Å². The monoisotopic (exact) mass is 337 g/mol. The van der Waals surface area contributed by atoms with E-state index in [0.717, 1.165) is 18.0 Å². The Morgan fingerprint density at radius 1 is 0.952 bits per heavy atom. The van der Waals surface area contributed by atoms with Crippen molar-refractivity contribution in [3.63, 3.8) is 0 Å². The van der Waals surface area contributed by atoms with Gasteiger partial charge >= 0.3 is 0 Å². The smallest absolute Gasteiger partial charge is 0.0560 e. The molecule has 0 amide bonds. The van der Waals surface area contributed by atoms with Crippen molar-refractivity contribution in [1.82, 2.24) is 5.32 Å². The number of nitrogens with one attached hydrogen (secondary N) is 1. The summed E-state index contributed by atoms with van der Waals surface area (Å²) in [4.78, 5) is 2.36. The fourth-order valence-corrected chi connectivity index (χ4v) is 4.27. The van der Waals surface area contributed by atoms with Crippen molar-refractivity contribution in [1.29, 1.82) is 0 Å². The molecule has 1 N–H and O–H groups in total. The lowest BCUT2D eigenvalue weighted by molar-refractivity contribution is 0.456. The van der Waals surface area contributed by atoms with Crippen LogP contribution in [-0.4, -0.2) is 13.1 Å². The van der Waals surface area contributed by atoms with Crippen LogP contribution in [0, 0.1) is 0 Å². The summed E-state index contributed by atoms with van der Waals surface area (Å²) in [6.45, 7) is 2.21. The van der Waals surface area contributed by atoms with Gasteiger partial charge in [0.05, 0.1) is 5.02 Å². The Kier molecular flexibility index (Phi) is 5.12. The highest BCUT2D eigenvalue weighted by Gasteiger charge is 2.18. The van der Waals surface area contributed by atoms with Crippen LogP contribution in [0.25, 0.3) is 0 Å². The highest BCUT2D eigenvalue weighted by Crippen LogP contribution is 2.40. The molecule has 0 aromatic heterocycles. The van der Waals surface area contributed by atoms with Gasteiger partial charge in [0.1, 0.15) is 0 Å². The van der Waals surface area contributed by atoms with Crippen molar-refractivity contribution >= 4 is 35.0 Å². The van der Waals surface area contributed by atoms with E-state index in [1.807, 2.05) is 12.1 Å². The lowest BCUT2D eigenvalue weighted by atomic mass is 9.90. The first-order chi connectivity index (χ1) is 10.2. The third kappa shape index (κ3) is 3.75. The van der Waals surface area contributed by atoms with E-state index in [1.54, 1.807) is 17.8 Å². The number of hydrogen-bond acceptors (Lipinski definition) is 2. The maximum atomic E-state index is 6.30. The fourth-order valence-electron chi connectivity index (χ4n) is 2.72. The summed E-state index contributed by atoms with van der Waals surface area (Å²) < 4.78 is 0. The van der Waals surface area contributed by atoms with Gasteiger partial charge in [0.15, 0.2) is 0 Å². The molecule has 1 aliphatic heterocycles. The van der Waals surface area contributed by atoms with E-state index in [9.17, 15) is 0 Å². The molecule has 0 spiro atoms. The topological polar surface area (TPSA) is 12.0 Å². The van der Waals surface area contributed by atoms with Crippen molar-refractivity contribution < 1.29 is 0 Å². The minimum absolute atomic E-state index is 0.640. The van der Waals surface area contributed by atoms with Crippen LogP contribution >= 0.6 is 35.0 Å². The molecule has 1 aliphatic rings. The van der Waals surface area contributed by atoms with Gasteiger partial charge in [-0.1, -0.05) is 53.2 Å². The molecule has 2 aromatic rings. The third-order valence-electron chi connectivity index (χ3n) is 3.81. The lowest BCUT2D eigenvalue weighted by Gasteiger charge is -2.25. The maximum absolute atomic E-state index is 6.30. The molecule has 110 valence electrons. The van der Waals surface area contributed by atoms with Crippen LogP contribution in [-0.2, 0) is 0 Å². The molecule has 0 unspecified atom stereocenters. The minimum atomic E-state index is 0.640. The summed E-state index contributed by atoms with van der Waals surface area (Å²) >= 11 is 14.0. The van der Waals surface area contributed by atoms with Crippen molar-refractivity contribution in [2.75, 3.05) is 13.1 Å². The second-order valence-electron chi connectivity index (χ2n) is 5.24.